The van der Waals surface area contributed by atoms with Crippen molar-refractivity contribution in [1.29, 1.82) is 0 Å². The lowest BCUT2D eigenvalue weighted by Crippen LogP contribution is -2.48. The van der Waals surface area contributed by atoms with E-state index in [0.717, 1.165) is 6.04 Å². The van der Waals surface area contributed by atoms with Crippen LogP contribution < -0.4 is 5.32 Å². The van der Waals surface area contributed by atoms with Crippen molar-refractivity contribution in [2.75, 3.05) is 19.6 Å². The van der Waals surface area contributed by atoms with Crippen molar-refractivity contribution in [3.8, 4) is 0 Å². The molecule has 2 heteroatoms. The Morgan fingerprint density at radius 1 is 0.895 bits per heavy atom. The number of hydrogen-bond donors (Lipinski definition) is 1. The van der Waals surface area contributed by atoms with Crippen LogP contribution in [-0.2, 0) is 0 Å². The van der Waals surface area contributed by atoms with Crippen LogP contribution in [0.1, 0.15) is 72.1 Å². The molecule has 0 spiro atoms. The molecule has 112 valence electrons. The zero-order valence-corrected chi connectivity index (χ0v) is 13.4. The average Bonchev–Trinajstić information content (AvgIpc) is 2.53. The summed E-state index contributed by atoms with van der Waals surface area (Å²) < 4.78 is 0. The van der Waals surface area contributed by atoms with Crippen molar-refractivity contribution in [3.05, 3.63) is 0 Å². The van der Waals surface area contributed by atoms with Crippen LogP contribution in [0.25, 0.3) is 0 Å². The molecule has 1 aliphatic carbocycles. The third-order valence-electron chi connectivity index (χ3n) is 5.07. The van der Waals surface area contributed by atoms with E-state index in [4.69, 9.17) is 0 Å². The second kappa shape index (κ2) is 7.08. The maximum Gasteiger partial charge on any atom is 0.0243 e. The van der Waals surface area contributed by atoms with Gasteiger partial charge in [0.2, 0.25) is 0 Å². The van der Waals surface area contributed by atoms with Crippen molar-refractivity contribution in [1.82, 2.24) is 10.2 Å². The Balaban J connectivity index is 1.96. The molecule has 0 aromatic carbocycles. The summed E-state index contributed by atoms with van der Waals surface area (Å²) in [5, 5.41) is 3.78. The second-order valence-corrected chi connectivity index (χ2v) is 7.72. The molecule has 1 unspecified atom stereocenters. The molecule has 1 saturated heterocycles. The maximum atomic E-state index is 3.78. The number of nitrogens with one attached hydrogen (secondary N) is 1. The zero-order valence-electron chi connectivity index (χ0n) is 13.4. The lowest BCUT2D eigenvalue weighted by Gasteiger charge is -2.38. The molecule has 0 aromatic heterocycles. The van der Waals surface area contributed by atoms with E-state index < -0.39 is 0 Å². The highest BCUT2D eigenvalue weighted by molar-refractivity contribution is 4.88. The molecule has 1 aliphatic heterocycles. The van der Waals surface area contributed by atoms with Gasteiger partial charge in [0.15, 0.2) is 0 Å². The fourth-order valence-corrected chi connectivity index (χ4v) is 3.66. The Labute approximate surface area is 120 Å². The lowest BCUT2D eigenvalue weighted by atomic mass is 9.86. The van der Waals surface area contributed by atoms with Gasteiger partial charge < -0.3 is 5.32 Å². The van der Waals surface area contributed by atoms with Gasteiger partial charge in [-0.2, -0.15) is 0 Å². The molecular weight excluding hydrogens is 232 g/mol. The molecule has 2 fully saturated rings. The monoisotopic (exact) mass is 266 g/mol. The first-order valence-corrected chi connectivity index (χ1v) is 8.55. The Kier molecular flexibility index (Phi) is 5.70. The van der Waals surface area contributed by atoms with Gasteiger partial charge in [-0.25, -0.2) is 0 Å². The van der Waals surface area contributed by atoms with Gasteiger partial charge in [-0.1, -0.05) is 52.9 Å². The van der Waals surface area contributed by atoms with Crippen LogP contribution in [-0.4, -0.2) is 36.6 Å². The molecule has 0 radical (unpaired) electrons. The van der Waals surface area contributed by atoms with Crippen LogP contribution >= 0.6 is 0 Å². The van der Waals surface area contributed by atoms with Crippen molar-refractivity contribution in [2.45, 2.75) is 84.2 Å². The van der Waals surface area contributed by atoms with Crippen molar-refractivity contribution in [2.24, 2.45) is 5.41 Å². The molecule has 0 amide bonds. The molecule has 2 aliphatic rings. The van der Waals surface area contributed by atoms with E-state index in [2.05, 4.69) is 31.0 Å². The quantitative estimate of drug-likeness (QED) is 0.776. The Morgan fingerprint density at radius 3 is 2.16 bits per heavy atom. The van der Waals surface area contributed by atoms with Gasteiger partial charge in [0.1, 0.15) is 0 Å². The first-order valence-electron chi connectivity index (χ1n) is 8.55. The third kappa shape index (κ3) is 4.75. The summed E-state index contributed by atoms with van der Waals surface area (Å²) in [7, 11) is 0. The minimum atomic E-state index is 0.379. The van der Waals surface area contributed by atoms with Crippen molar-refractivity contribution < 1.29 is 0 Å². The fourth-order valence-electron chi connectivity index (χ4n) is 3.66. The van der Waals surface area contributed by atoms with Crippen molar-refractivity contribution in [3.63, 3.8) is 0 Å². The largest absolute Gasteiger partial charge is 0.312 e. The summed E-state index contributed by atoms with van der Waals surface area (Å²) >= 11 is 0. The molecule has 1 atom stereocenters. The molecule has 0 bridgehead atoms. The molecule has 1 N–H and O–H groups in total. The predicted octanol–water partition coefficient (Wildman–Crippen LogP) is 3.81. The van der Waals surface area contributed by atoms with Crippen LogP contribution in [0.4, 0.5) is 0 Å². The van der Waals surface area contributed by atoms with Crippen LogP contribution in [0, 0.1) is 5.41 Å². The van der Waals surface area contributed by atoms with E-state index in [0.29, 0.717) is 11.5 Å². The van der Waals surface area contributed by atoms with Gasteiger partial charge in [-0.15, -0.1) is 0 Å². The number of nitrogens with zero attached hydrogens (tertiary/aromatic N) is 1. The third-order valence-corrected chi connectivity index (χ3v) is 5.07. The van der Waals surface area contributed by atoms with E-state index in [1.807, 2.05) is 0 Å². The zero-order chi connectivity index (χ0) is 13.7. The van der Waals surface area contributed by atoms with Gasteiger partial charge in [0.05, 0.1) is 0 Å². The predicted molar refractivity (Wildman–Crippen MR) is 83.5 cm³/mol. The van der Waals surface area contributed by atoms with Crippen molar-refractivity contribution >= 4 is 0 Å². The van der Waals surface area contributed by atoms with E-state index in [1.54, 1.807) is 0 Å². The van der Waals surface area contributed by atoms with E-state index >= 15 is 0 Å². The van der Waals surface area contributed by atoms with E-state index in [-0.39, 0.29) is 0 Å². The summed E-state index contributed by atoms with van der Waals surface area (Å²) in [4.78, 5) is 2.82. The first-order chi connectivity index (χ1) is 9.07. The molecule has 1 heterocycles. The summed E-state index contributed by atoms with van der Waals surface area (Å²) in [6.45, 7) is 10.9. The van der Waals surface area contributed by atoms with E-state index in [9.17, 15) is 0 Å². The van der Waals surface area contributed by atoms with Gasteiger partial charge in [0.25, 0.3) is 0 Å². The first kappa shape index (κ1) is 15.3. The highest BCUT2D eigenvalue weighted by atomic mass is 15.2. The normalized spacial score (nSPS) is 29.5. The van der Waals surface area contributed by atoms with Crippen LogP contribution in [0.3, 0.4) is 0 Å². The molecule has 0 aromatic rings. The number of hydrogen-bond acceptors (Lipinski definition) is 2. The van der Waals surface area contributed by atoms with Gasteiger partial charge in [-0.05, 0) is 37.8 Å². The Hall–Kier alpha value is -0.0800. The van der Waals surface area contributed by atoms with Gasteiger partial charge >= 0.3 is 0 Å². The highest BCUT2D eigenvalue weighted by Gasteiger charge is 2.30. The standard InChI is InChI=1S/C17H34N2/c1-17(2,3)16-14-19(13-9-12-18-16)15-10-7-5-4-6-8-11-15/h15-16,18H,4-14H2,1-3H3. The summed E-state index contributed by atoms with van der Waals surface area (Å²) in [6.07, 6.45) is 11.5. The molecule has 2 nitrogen and oxygen atoms in total. The molecule has 1 saturated carbocycles. The molecule has 19 heavy (non-hydrogen) atoms. The molecular formula is C17H34N2. The van der Waals surface area contributed by atoms with Crippen LogP contribution in [0.5, 0.6) is 0 Å². The van der Waals surface area contributed by atoms with Crippen LogP contribution in [0.2, 0.25) is 0 Å². The minimum absolute atomic E-state index is 0.379. The molecule has 2 rings (SSSR count). The summed E-state index contributed by atoms with van der Waals surface area (Å²) in [5.41, 5.74) is 0.379. The Bertz CT molecular complexity index is 248. The average molecular weight is 266 g/mol. The lowest BCUT2D eigenvalue weighted by molar-refractivity contribution is 0.134. The fraction of sp³-hybridized carbons (Fsp3) is 1.00. The minimum Gasteiger partial charge on any atom is -0.312 e. The maximum absolute atomic E-state index is 3.78. The Morgan fingerprint density at radius 2 is 1.53 bits per heavy atom. The van der Waals surface area contributed by atoms with Gasteiger partial charge in [-0.3, -0.25) is 4.90 Å². The summed E-state index contributed by atoms with van der Waals surface area (Å²) in [5.74, 6) is 0. The van der Waals surface area contributed by atoms with E-state index in [1.165, 1.54) is 71.0 Å². The SMILES string of the molecule is CC(C)(C)C1CN(C2CCCCCCC2)CCCN1. The van der Waals surface area contributed by atoms with Gasteiger partial charge in [0, 0.05) is 18.6 Å². The van der Waals surface area contributed by atoms with Crippen LogP contribution in [0.15, 0.2) is 0 Å². The number of rotatable bonds is 1. The summed E-state index contributed by atoms with van der Waals surface area (Å²) in [6, 6.07) is 1.52. The second-order valence-electron chi connectivity index (χ2n) is 7.72. The topological polar surface area (TPSA) is 15.3 Å². The highest BCUT2D eigenvalue weighted by Crippen LogP contribution is 2.26. The smallest absolute Gasteiger partial charge is 0.0243 e.